The third-order valence-corrected chi connectivity index (χ3v) is 5.48. The summed E-state index contributed by atoms with van der Waals surface area (Å²) in [7, 11) is 0. The molecule has 0 spiro atoms. The Hall–Kier alpha value is -1.62. The Morgan fingerprint density at radius 3 is 2.48 bits per heavy atom. The number of hydrogen-bond acceptors (Lipinski definition) is 4. The van der Waals surface area contributed by atoms with Gasteiger partial charge in [0.05, 0.1) is 0 Å². The molecular weight excluding hydrogens is 288 g/mol. The highest BCUT2D eigenvalue weighted by molar-refractivity contribution is 5.77. The van der Waals surface area contributed by atoms with E-state index in [2.05, 4.69) is 9.88 Å². The van der Waals surface area contributed by atoms with Crippen molar-refractivity contribution in [1.82, 2.24) is 9.88 Å². The summed E-state index contributed by atoms with van der Waals surface area (Å²) in [6.45, 7) is 3.94. The fourth-order valence-electron chi connectivity index (χ4n) is 3.91. The monoisotopic (exact) mass is 316 g/mol. The molecule has 5 heteroatoms. The quantitative estimate of drug-likeness (QED) is 0.923. The maximum atomic E-state index is 12.7. The minimum absolute atomic E-state index is 0.0629. The van der Waals surface area contributed by atoms with Crippen LogP contribution < -0.4 is 10.6 Å². The molecule has 0 atom stereocenters. The number of pyridine rings is 1. The summed E-state index contributed by atoms with van der Waals surface area (Å²) in [5.41, 5.74) is 6.09. The number of piperazine rings is 1. The number of anilines is 1. The number of nitrogens with zero attached hydrogens (tertiary/aromatic N) is 3. The van der Waals surface area contributed by atoms with Crippen molar-refractivity contribution in [3.8, 4) is 0 Å². The van der Waals surface area contributed by atoms with Crippen LogP contribution in [0.5, 0.6) is 0 Å². The van der Waals surface area contributed by atoms with Crippen LogP contribution in [0.2, 0.25) is 0 Å². The van der Waals surface area contributed by atoms with E-state index in [1.54, 1.807) is 0 Å². The Balaban J connectivity index is 1.54. The second-order valence-electron chi connectivity index (χ2n) is 7.00. The zero-order valence-electron chi connectivity index (χ0n) is 13.9. The van der Waals surface area contributed by atoms with Crippen LogP contribution in [0.15, 0.2) is 24.4 Å². The van der Waals surface area contributed by atoms with Gasteiger partial charge >= 0.3 is 0 Å². The average molecular weight is 316 g/mol. The van der Waals surface area contributed by atoms with Gasteiger partial charge in [-0.15, -0.1) is 0 Å². The molecule has 1 aliphatic carbocycles. The van der Waals surface area contributed by atoms with Crippen molar-refractivity contribution >= 4 is 11.7 Å². The zero-order valence-corrected chi connectivity index (χ0v) is 13.9. The molecule has 2 aliphatic rings. The van der Waals surface area contributed by atoms with Crippen LogP contribution in [0.3, 0.4) is 0 Å². The van der Waals surface area contributed by atoms with Gasteiger partial charge in [0.15, 0.2) is 0 Å². The summed E-state index contributed by atoms with van der Waals surface area (Å²) in [5.74, 6) is 1.29. The first-order valence-corrected chi connectivity index (χ1v) is 8.86. The van der Waals surface area contributed by atoms with E-state index in [-0.39, 0.29) is 11.3 Å². The van der Waals surface area contributed by atoms with Gasteiger partial charge in [-0.3, -0.25) is 4.79 Å². The molecule has 1 aliphatic heterocycles. The topological polar surface area (TPSA) is 62.5 Å². The van der Waals surface area contributed by atoms with Crippen LogP contribution in [0, 0.1) is 5.41 Å². The highest BCUT2D eigenvalue weighted by Gasteiger charge is 2.35. The number of amides is 1. The minimum Gasteiger partial charge on any atom is -0.353 e. The van der Waals surface area contributed by atoms with E-state index in [0.717, 1.165) is 44.8 Å². The number of hydrogen-bond donors (Lipinski definition) is 1. The smallest absolute Gasteiger partial charge is 0.223 e. The summed E-state index contributed by atoms with van der Waals surface area (Å²) in [6.07, 6.45) is 8.41. The molecule has 2 heterocycles. The van der Waals surface area contributed by atoms with E-state index in [1.165, 1.54) is 19.3 Å². The second-order valence-corrected chi connectivity index (χ2v) is 7.00. The molecule has 1 aromatic heterocycles. The van der Waals surface area contributed by atoms with E-state index in [1.807, 2.05) is 29.3 Å². The molecular formula is C18H28N4O. The number of aromatic nitrogens is 1. The van der Waals surface area contributed by atoms with Gasteiger partial charge in [0.2, 0.25) is 5.91 Å². The first-order valence-electron chi connectivity index (χ1n) is 8.86. The molecule has 23 heavy (non-hydrogen) atoms. The van der Waals surface area contributed by atoms with Crippen LogP contribution in [0.4, 0.5) is 5.82 Å². The van der Waals surface area contributed by atoms with Crippen LogP contribution in [-0.4, -0.2) is 48.5 Å². The van der Waals surface area contributed by atoms with Crippen molar-refractivity contribution in [2.45, 2.75) is 38.5 Å². The van der Waals surface area contributed by atoms with Crippen molar-refractivity contribution in [2.24, 2.45) is 11.1 Å². The number of rotatable bonds is 4. The molecule has 0 bridgehead atoms. The molecule has 1 amide bonds. The third kappa shape index (κ3) is 3.83. The lowest BCUT2D eigenvalue weighted by Gasteiger charge is -2.40. The summed E-state index contributed by atoms with van der Waals surface area (Å²) >= 11 is 0. The van der Waals surface area contributed by atoms with Crippen molar-refractivity contribution in [3.05, 3.63) is 24.4 Å². The maximum Gasteiger partial charge on any atom is 0.223 e. The highest BCUT2D eigenvalue weighted by atomic mass is 16.2. The Morgan fingerprint density at radius 2 is 1.87 bits per heavy atom. The standard InChI is InChI=1S/C18H28N4O/c19-15-18(7-3-1-4-8-18)14-17(23)22-12-10-21(11-13-22)16-6-2-5-9-20-16/h2,5-6,9H,1,3-4,7-8,10-15,19H2. The van der Waals surface area contributed by atoms with E-state index < -0.39 is 0 Å². The predicted molar refractivity (Wildman–Crippen MR) is 92.2 cm³/mol. The molecule has 0 unspecified atom stereocenters. The van der Waals surface area contributed by atoms with Gasteiger partial charge in [0, 0.05) is 38.8 Å². The molecule has 2 fully saturated rings. The van der Waals surface area contributed by atoms with Gasteiger partial charge in [0.25, 0.3) is 0 Å². The van der Waals surface area contributed by atoms with Gasteiger partial charge in [-0.25, -0.2) is 4.98 Å². The van der Waals surface area contributed by atoms with Crippen LogP contribution in [0.25, 0.3) is 0 Å². The third-order valence-electron chi connectivity index (χ3n) is 5.48. The molecule has 1 aromatic rings. The molecule has 1 saturated heterocycles. The Kier molecular flexibility index (Phi) is 5.16. The lowest BCUT2D eigenvalue weighted by Crippen LogP contribution is -2.50. The van der Waals surface area contributed by atoms with Crippen LogP contribution in [0.1, 0.15) is 38.5 Å². The van der Waals surface area contributed by atoms with Crippen LogP contribution in [-0.2, 0) is 4.79 Å². The molecule has 3 rings (SSSR count). The van der Waals surface area contributed by atoms with E-state index in [4.69, 9.17) is 5.73 Å². The molecule has 2 N–H and O–H groups in total. The van der Waals surface area contributed by atoms with E-state index in [9.17, 15) is 4.79 Å². The second kappa shape index (κ2) is 7.30. The highest BCUT2D eigenvalue weighted by Crippen LogP contribution is 2.38. The number of carbonyl (C=O) groups excluding carboxylic acids is 1. The largest absolute Gasteiger partial charge is 0.353 e. The number of carbonyl (C=O) groups is 1. The molecule has 126 valence electrons. The summed E-state index contributed by atoms with van der Waals surface area (Å²) < 4.78 is 0. The summed E-state index contributed by atoms with van der Waals surface area (Å²) in [4.78, 5) is 21.4. The first kappa shape index (κ1) is 16.2. The van der Waals surface area contributed by atoms with Crippen molar-refractivity contribution in [1.29, 1.82) is 0 Å². The molecule has 0 aromatic carbocycles. The van der Waals surface area contributed by atoms with Crippen molar-refractivity contribution in [3.63, 3.8) is 0 Å². The summed E-state index contributed by atoms with van der Waals surface area (Å²) in [5, 5.41) is 0. The van der Waals surface area contributed by atoms with Gasteiger partial charge < -0.3 is 15.5 Å². The molecule has 1 saturated carbocycles. The normalized spacial score (nSPS) is 21.3. The lowest BCUT2D eigenvalue weighted by atomic mass is 9.71. The zero-order chi connectivity index (χ0) is 16.1. The molecule has 5 nitrogen and oxygen atoms in total. The maximum absolute atomic E-state index is 12.7. The van der Waals surface area contributed by atoms with Crippen LogP contribution >= 0.6 is 0 Å². The SMILES string of the molecule is NCC1(CC(=O)N2CCN(c3ccccn3)CC2)CCCCC1. The van der Waals surface area contributed by atoms with Gasteiger partial charge in [-0.1, -0.05) is 25.3 Å². The Morgan fingerprint density at radius 1 is 1.13 bits per heavy atom. The van der Waals surface area contributed by atoms with Crippen molar-refractivity contribution < 1.29 is 4.79 Å². The minimum atomic E-state index is 0.0629. The Labute approximate surface area is 138 Å². The first-order chi connectivity index (χ1) is 11.2. The van der Waals surface area contributed by atoms with Crippen molar-refractivity contribution in [2.75, 3.05) is 37.6 Å². The van der Waals surface area contributed by atoms with Gasteiger partial charge in [-0.2, -0.15) is 0 Å². The number of nitrogens with two attached hydrogens (primary N) is 1. The predicted octanol–water partition coefficient (Wildman–Crippen LogP) is 2.03. The van der Waals surface area contributed by atoms with Gasteiger partial charge in [-0.05, 0) is 36.9 Å². The lowest BCUT2D eigenvalue weighted by molar-refractivity contribution is -0.134. The Bertz CT molecular complexity index is 505. The fraction of sp³-hybridized carbons (Fsp3) is 0.667. The molecule has 0 radical (unpaired) electrons. The van der Waals surface area contributed by atoms with E-state index >= 15 is 0 Å². The summed E-state index contributed by atoms with van der Waals surface area (Å²) in [6, 6.07) is 5.97. The van der Waals surface area contributed by atoms with Gasteiger partial charge in [0.1, 0.15) is 5.82 Å². The fourth-order valence-corrected chi connectivity index (χ4v) is 3.91. The van der Waals surface area contributed by atoms with E-state index in [0.29, 0.717) is 13.0 Å². The average Bonchev–Trinajstić information content (AvgIpc) is 2.63.